The van der Waals surface area contributed by atoms with Gasteiger partial charge in [0.2, 0.25) is 5.91 Å². The number of rotatable bonds is 2. The van der Waals surface area contributed by atoms with Gasteiger partial charge in [-0.05, 0) is 22.4 Å². The van der Waals surface area contributed by atoms with Gasteiger partial charge in [-0.15, -0.1) is 0 Å². The first-order valence-electron chi connectivity index (χ1n) is 7.16. The maximum Gasteiger partial charge on any atom is 0.223 e. The van der Waals surface area contributed by atoms with Crippen LogP contribution in [-0.2, 0) is 11.3 Å². The maximum absolute atomic E-state index is 11.7. The molecule has 1 amide bonds. The van der Waals surface area contributed by atoms with Gasteiger partial charge in [0.05, 0.1) is 0 Å². The normalized spacial score (nSPS) is 17.4. The number of carbonyl (C=O) groups is 1. The fraction of sp³-hybridized carbons (Fsp3) is 0.353. The Morgan fingerprint density at radius 2 is 1.80 bits per heavy atom. The van der Waals surface area contributed by atoms with Crippen LogP contribution in [0.4, 0.5) is 0 Å². The van der Waals surface area contributed by atoms with Crippen molar-refractivity contribution in [3.8, 4) is 0 Å². The van der Waals surface area contributed by atoms with Crippen molar-refractivity contribution in [1.29, 1.82) is 0 Å². The van der Waals surface area contributed by atoms with Crippen LogP contribution in [0.3, 0.4) is 0 Å². The van der Waals surface area contributed by atoms with Crippen LogP contribution in [0.1, 0.15) is 12.0 Å². The largest absolute Gasteiger partial charge is 0.344 e. The minimum atomic E-state index is 0.256. The minimum absolute atomic E-state index is 0.256. The summed E-state index contributed by atoms with van der Waals surface area (Å²) in [4.78, 5) is 15.9. The third kappa shape index (κ3) is 2.83. The summed E-state index contributed by atoms with van der Waals surface area (Å²) >= 11 is 0. The van der Waals surface area contributed by atoms with Crippen LogP contribution in [0.2, 0.25) is 0 Å². The lowest BCUT2D eigenvalue weighted by molar-refractivity contribution is -0.129. The van der Waals surface area contributed by atoms with E-state index in [9.17, 15) is 4.79 Å². The minimum Gasteiger partial charge on any atom is -0.344 e. The fourth-order valence-electron chi connectivity index (χ4n) is 2.73. The average Bonchev–Trinajstić information content (AvgIpc) is 2.63. The molecule has 0 atom stereocenters. The van der Waals surface area contributed by atoms with Gasteiger partial charge in [-0.2, -0.15) is 0 Å². The molecule has 1 fully saturated rings. The third-order valence-corrected chi connectivity index (χ3v) is 4.04. The van der Waals surface area contributed by atoms with E-state index in [-0.39, 0.29) is 5.91 Å². The monoisotopic (exact) mass is 268 g/mol. The van der Waals surface area contributed by atoms with E-state index >= 15 is 0 Å². The average molecular weight is 268 g/mol. The zero-order valence-electron chi connectivity index (χ0n) is 11.9. The van der Waals surface area contributed by atoms with Crippen LogP contribution in [-0.4, -0.2) is 42.4 Å². The van der Waals surface area contributed by atoms with Crippen molar-refractivity contribution in [3.63, 3.8) is 0 Å². The highest BCUT2D eigenvalue weighted by molar-refractivity contribution is 5.83. The zero-order valence-corrected chi connectivity index (χ0v) is 11.9. The van der Waals surface area contributed by atoms with Gasteiger partial charge in [0.25, 0.3) is 0 Å². The van der Waals surface area contributed by atoms with Gasteiger partial charge in [-0.25, -0.2) is 0 Å². The lowest BCUT2D eigenvalue weighted by Gasteiger charge is -2.20. The molecule has 0 spiro atoms. The standard InChI is InChI=1S/C17H20N2O/c1-18-10-11-19(9-8-17(18)20)13-14-6-7-15-4-2-3-5-16(15)12-14/h2-7,12H,8-11,13H2,1H3. The van der Waals surface area contributed by atoms with Crippen LogP contribution in [0, 0.1) is 0 Å². The molecule has 3 nitrogen and oxygen atoms in total. The SMILES string of the molecule is CN1CCN(Cc2ccc3ccccc3c2)CCC1=O. The Hall–Kier alpha value is -1.87. The van der Waals surface area contributed by atoms with Crippen LogP contribution < -0.4 is 0 Å². The quantitative estimate of drug-likeness (QED) is 0.835. The number of likely N-dealkylation sites (N-methyl/N-ethyl adjacent to an activating group) is 1. The number of carbonyl (C=O) groups excluding carboxylic acids is 1. The van der Waals surface area contributed by atoms with E-state index in [0.717, 1.165) is 26.2 Å². The Balaban J connectivity index is 1.74. The molecule has 2 aromatic rings. The highest BCUT2D eigenvalue weighted by Gasteiger charge is 2.17. The summed E-state index contributed by atoms with van der Waals surface area (Å²) in [5, 5.41) is 2.56. The lowest BCUT2D eigenvalue weighted by Crippen LogP contribution is -2.29. The lowest BCUT2D eigenvalue weighted by atomic mass is 10.1. The second-order valence-electron chi connectivity index (χ2n) is 5.52. The molecular weight excluding hydrogens is 248 g/mol. The smallest absolute Gasteiger partial charge is 0.223 e. The van der Waals surface area contributed by atoms with E-state index in [1.54, 1.807) is 0 Å². The van der Waals surface area contributed by atoms with E-state index in [1.807, 2.05) is 11.9 Å². The molecule has 2 aromatic carbocycles. The summed E-state index contributed by atoms with van der Waals surface area (Å²) in [5.74, 6) is 0.256. The Morgan fingerprint density at radius 1 is 1.00 bits per heavy atom. The van der Waals surface area contributed by atoms with E-state index < -0.39 is 0 Å². The molecule has 104 valence electrons. The topological polar surface area (TPSA) is 23.6 Å². The highest BCUT2D eigenvalue weighted by atomic mass is 16.2. The molecule has 0 aromatic heterocycles. The first-order valence-corrected chi connectivity index (χ1v) is 7.16. The number of hydrogen-bond acceptors (Lipinski definition) is 2. The van der Waals surface area contributed by atoms with Crippen molar-refractivity contribution in [2.75, 3.05) is 26.7 Å². The van der Waals surface area contributed by atoms with Crippen LogP contribution in [0.5, 0.6) is 0 Å². The predicted molar refractivity (Wildman–Crippen MR) is 81.5 cm³/mol. The Kier molecular flexibility index (Phi) is 3.70. The second kappa shape index (κ2) is 5.63. The molecule has 0 radical (unpaired) electrons. The van der Waals surface area contributed by atoms with Crippen molar-refractivity contribution < 1.29 is 4.79 Å². The van der Waals surface area contributed by atoms with Gasteiger partial charge in [0.15, 0.2) is 0 Å². The fourth-order valence-corrected chi connectivity index (χ4v) is 2.73. The number of amides is 1. The van der Waals surface area contributed by atoms with Gasteiger partial charge < -0.3 is 4.90 Å². The van der Waals surface area contributed by atoms with Crippen molar-refractivity contribution in [2.24, 2.45) is 0 Å². The molecule has 1 aliphatic rings. The van der Waals surface area contributed by atoms with Crippen LogP contribution >= 0.6 is 0 Å². The molecule has 3 heteroatoms. The predicted octanol–water partition coefficient (Wildman–Crippen LogP) is 2.50. The Morgan fingerprint density at radius 3 is 2.65 bits per heavy atom. The van der Waals surface area contributed by atoms with Crippen LogP contribution in [0.25, 0.3) is 10.8 Å². The molecule has 1 saturated heterocycles. The van der Waals surface area contributed by atoms with Crippen molar-refractivity contribution >= 4 is 16.7 Å². The molecule has 1 aliphatic heterocycles. The zero-order chi connectivity index (χ0) is 13.9. The molecule has 0 unspecified atom stereocenters. The summed E-state index contributed by atoms with van der Waals surface area (Å²) in [7, 11) is 1.89. The van der Waals surface area contributed by atoms with Crippen molar-refractivity contribution in [1.82, 2.24) is 9.80 Å². The first-order chi connectivity index (χ1) is 9.72. The number of benzene rings is 2. The van der Waals surface area contributed by atoms with Crippen molar-refractivity contribution in [2.45, 2.75) is 13.0 Å². The van der Waals surface area contributed by atoms with Gasteiger partial charge >= 0.3 is 0 Å². The Labute approximate surface area is 119 Å². The van der Waals surface area contributed by atoms with Gasteiger partial charge in [-0.3, -0.25) is 9.69 Å². The summed E-state index contributed by atoms with van der Waals surface area (Å²) in [6.07, 6.45) is 0.629. The van der Waals surface area contributed by atoms with Crippen LogP contribution in [0.15, 0.2) is 42.5 Å². The summed E-state index contributed by atoms with van der Waals surface area (Å²) in [5.41, 5.74) is 1.32. The molecular formula is C17H20N2O. The van der Waals surface area contributed by atoms with Gasteiger partial charge in [0.1, 0.15) is 0 Å². The molecule has 0 N–H and O–H groups in total. The third-order valence-electron chi connectivity index (χ3n) is 4.04. The maximum atomic E-state index is 11.7. The highest BCUT2D eigenvalue weighted by Crippen LogP contribution is 2.17. The molecule has 20 heavy (non-hydrogen) atoms. The summed E-state index contributed by atoms with van der Waals surface area (Å²) in [6, 6.07) is 15.1. The summed E-state index contributed by atoms with van der Waals surface area (Å²) < 4.78 is 0. The molecule has 0 saturated carbocycles. The molecule has 3 rings (SSSR count). The van der Waals surface area contributed by atoms with E-state index in [2.05, 4.69) is 47.4 Å². The number of hydrogen-bond donors (Lipinski definition) is 0. The second-order valence-corrected chi connectivity index (χ2v) is 5.52. The van der Waals surface area contributed by atoms with Gasteiger partial charge in [-0.1, -0.05) is 36.4 Å². The molecule has 0 aliphatic carbocycles. The van der Waals surface area contributed by atoms with Crippen molar-refractivity contribution in [3.05, 3.63) is 48.0 Å². The number of nitrogens with zero attached hydrogens (tertiary/aromatic N) is 2. The molecule has 1 heterocycles. The summed E-state index contributed by atoms with van der Waals surface area (Å²) in [6.45, 7) is 3.56. The Bertz CT molecular complexity index is 623. The van der Waals surface area contributed by atoms with Gasteiger partial charge in [0, 0.05) is 39.6 Å². The first kappa shape index (κ1) is 13.1. The van der Waals surface area contributed by atoms with E-state index in [0.29, 0.717) is 6.42 Å². The molecule has 0 bridgehead atoms. The number of fused-ring (bicyclic) bond motifs is 1. The van der Waals surface area contributed by atoms with E-state index in [1.165, 1.54) is 16.3 Å². The van der Waals surface area contributed by atoms with E-state index in [4.69, 9.17) is 0 Å².